The third-order valence-electron chi connectivity index (χ3n) is 3.29. The van der Waals surface area contributed by atoms with Gasteiger partial charge in [-0.3, -0.25) is 0 Å². The first-order valence-corrected chi connectivity index (χ1v) is 7.40. The fraction of sp³-hybridized carbons (Fsp3) is 0.0667. The molecule has 5 nitrogen and oxygen atoms in total. The average Bonchev–Trinajstić information content (AvgIpc) is 2.87. The van der Waals surface area contributed by atoms with Crippen LogP contribution < -0.4 is 11.5 Å². The normalized spacial score (nSPS) is 12.3. The molecule has 0 bridgehead atoms. The first kappa shape index (κ1) is 15.0. The van der Waals surface area contributed by atoms with Crippen LogP contribution >= 0.6 is 21.0 Å². The molecule has 0 saturated carbocycles. The Labute approximate surface area is 134 Å². The lowest BCUT2D eigenvalue weighted by Gasteiger charge is -2.13. The molecular formula is C15H13ClN3O2P. The summed E-state index contributed by atoms with van der Waals surface area (Å²) in [6.45, 7) is 0. The van der Waals surface area contributed by atoms with Crippen LogP contribution in [-0.4, -0.2) is 9.55 Å². The van der Waals surface area contributed by atoms with Crippen LogP contribution in [0.2, 0.25) is 5.02 Å². The number of nitrogens with zero attached hydrogens (tertiary/aromatic N) is 2. The highest BCUT2D eigenvalue weighted by molar-refractivity contribution is 7.14. The van der Waals surface area contributed by atoms with Gasteiger partial charge >= 0.3 is 5.76 Å². The van der Waals surface area contributed by atoms with Crippen molar-refractivity contribution in [1.29, 1.82) is 0 Å². The molecule has 0 aliphatic carbocycles. The van der Waals surface area contributed by atoms with E-state index in [0.717, 1.165) is 15.6 Å². The lowest BCUT2D eigenvalue weighted by atomic mass is 9.98. The minimum Gasteiger partial charge on any atom is -0.387 e. The molecule has 2 atom stereocenters. The maximum absolute atomic E-state index is 11.4. The Hall–Kier alpha value is -1.94. The first-order valence-electron chi connectivity index (χ1n) is 6.51. The Morgan fingerprint density at radius 3 is 2.55 bits per heavy atom. The lowest BCUT2D eigenvalue weighted by Crippen LogP contribution is -2.11. The summed E-state index contributed by atoms with van der Waals surface area (Å²) in [5.74, 6) is -0.280. The van der Waals surface area contributed by atoms with Crippen LogP contribution in [0.25, 0.3) is 11.5 Å². The van der Waals surface area contributed by atoms with Gasteiger partial charge in [-0.2, -0.15) is 4.45 Å². The van der Waals surface area contributed by atoms with E-state index in [2.05, 4.69) is 14.5 Å². The zero-order valence-electron chi connectivity index (χ0n) is 11.4. The summed E-state index contributed by atoms with van der Waals surface area (Å²) in [7, 11) is 2.17. The highest BCUT2D eigenvalue weighted by atomic mass is 35.5. The Morgan fingerprint density at radius 2 is 1.91 bits per heavy atom. The molecule has 2 aromatic carbocycles. The second-order valence-electron chi connectivity index (χ2n) is 4.77. The SMILES string of the molecule is N[C@@H](c1ccc(Cl)cc1)c1cccc(-c2nn(P)c(=O)o2)c1. The van der Waals surface area contributed by atoms with Crippen molar-refractivity contribution in [2.75, 3.05) is 0 Å². The van der Waals surface area contributed by atoms with Gasteiger partial charge < -0.3 is 10.2 Å². The monoisotopic (exact) mass is 333 g/mol. The van der Waals surface area contributed by atoms with Crippen LogP contribution in [0.15, 0.2) is 57.7 Å². The molecule has 3 rings (SSSR count). The van der Waals surface area contributed by atoms with E-state index in [1.807, 2.05) is 36.4 Å². The molecule has 0 amide bonds. The highest BCUT2D eigenvalue weighted by Gasteiger charge is 2.13. The van der Waals surface area contributed by atoms with Crippen LogP contribution in [0.5, 0.6) is 0 Å². The zero-order valence-corrected chi connectivity index (χ0v) is 13.4. The summed E-state index contributed by atoms with van der Waals surface area (Å²) in [5, 5.41) is 4.67. The first-order chi connectivity index (χ1) is 10.5. The van der Waals surface area contributed by atoms with Gasteiger partial charge in [0.1, 0.15) is 0 Å². The largest absolute Gasteiger partial charge is 0.440 e. The van der Waals surface area contributed by atoms with E-state index >= 15 is 0 Å². The van der Waals surface area contributed by atoms with Gasteiger partial charge in [-0.05, 0) is 44.8 Å². The summed E-state index contributed by atoms with van der Waals surface area (Å²) in [4.78, 5) is 11.4. The van der Waals surface area contributed by atoms with Gasteiger partial charge in [0.15, 0.2) is 0 Å². The van der Waals surface area contributed by atoms with E-state index < -0.39 is 5.76 Å². The summed E-state index contributed by atoms with van der Waals surface area (Å²) < 4.78 is 6.14. The molecule has 1 aromatic heterocycles. The molecular weight excluding hydrogens is 321 g/mol. The second-order valence-corrected chi connectivity index (χ2v) is 5.70. The van der Waals surface area contributed by atoms with E-state index in [9.17, 15) is 4.79 Å². The maximum Gasteiger partial charge on any atom is 0.440 e. The third kappa shape index (κ3) is 2.97. The van der Waals surface area contributed by atoms with Crippen LogP contribution in [0.4, 0.5) is 0 Å². The molecule has 0 fully saturated rings. The van der Waals surface area contributed by atoms with Gasteiger partial charge in [-0.15, -0.1) is 5.10 Å². The number of hydrogen-bond donors (Lipinski definition) is 1. The molecule has 7 heteroatoms. The van der Waals surface area contributed by atoms with E-state index in [4.69, 9.17) is 21.8 Å². The van der Waals surface area contributed by atoms with E-state index in [1.54, 1.807) is 12.1 Å². The molecule has 3 aromatic rings. The summed E-state index contributed by atoms with van der Waals surface area (Å²) in [6.07, 6.45) is 0. The van der Waals surface area contributed by atoms with E-state index in [0.29, 0.717) is 10.6 Å². The average molecular weight is 334 g/mol. The number of aromatic nitrogens is 2. The molecule has 112 valence electrons. The molecule has 0 saturated heterocycles. The minimum absolute atomic E-state index is 0.255. The molecule has 2 N–H and O–H groups in total. The molecule has 0 aliphatic heterocycles. The summed E-state index contributed by atoms with van der Waals surface area (Å²) >= 11 is 5.89. The van der Waals surface area contributed by atoms with Crippen molar-refractivity contribution in [3.8, 4) is 11.5 Å². The smallest absolute Gasteiger partial charge is 0.387 e. The van der Waals surface area contributed by atoms with Gasteiger partial charge in [0, 0.05) is 10.6 Å². The van der Waals surface area contributed by atoms with Gasteiger partial charge in [-0.1, -0.05) is 35.9 Å². The fourth-order valence-electron chi connectivity index (χ4n) is 2.13. The van der Waals surface area contributed by atoms with Gasteiger partial charge in [-0.25, -0.2) is 4.79 Å². The standard InChI is InChI=1S/C15H13ClN3O2P/c16-12-6-4-9(5-7-12)13(17)10-2-1-3-11(8-10)14-18-19(22)15(20)21-14/h1-8,13H,17,22H2/t13-/m0/s1. The molecule has 22 heavy (non-hydrogen) atoms. The molecule has 1 heterocycles. The molecule has 0 radical (unpaired) electrons. The summed E-state index contributed by atoms with van der Waals surface area (Å²) in [6, 6.07) is 14.5. The Balaban J connectivity index is 1.96. The predicted octanol–water partition coefficient (Wildman–Crippen LogP) is 2.84. The number of rotatable bonds is 3. The predicted molar refractivity (Wildman–Crippen MR) is 88.8 cm³/mol. The number of halogens is 1. The number of hydrogen-bond acceptors (Lipinski definition) is 4. The minimum atomic E-state index is -0.535. The number of nitrogens with two attached hydrogens (primary N) is 1. The van der Waals surface area contributed by atoms with E-state index in [1.165, 1.54) is 0 Å². The van der Waals surface area contributed by atoms with Crippen LogP contribution in [0, 0.1) is 0 Å². The van der Waals surface area contributed by atoms with Crippen LogP contribution in [-0.2, 0) is 0 Å². The zero-order chi connectivity index (χ0) is 15.7. The van der Waals surface area contributed by atoms with Crippen molar-refractivity contribution >= 4 is 21.0 Å². The summed E-state index contributed by atoms with van der Waals surface area (Å²) in [5.41, 5.74) is 8.81. The lowest BCUT2D eigenvalue weighted by molar-refractivity contribution is 0.523. The quantitative estimate of drug-likeness (QED) is 0.748. The topological polar surface area (TPSA) is 74.0 Å². The Kier molecular flexibility index (Phi) is 4.12. The second kappa shape index (κ2) is 6.05. The van der Waals surface area contributed by atoms with Gasteiger partial charge in [0.05, 0.1) is 6.04 Å². The van der Waals surface area contributed by atoms with Crippen molar-refractivity contribution in [3.63, 3.8) is 0 Å². The van der Waals surface area contributed by atoms with Crippen LogP contribution in [0.3, 0.4) is 0 Å². The van der Waals surface area contributed by atoms with E-state index in [-0.39, 0.29) is 11.9 Å². The Morgan fingerprint density at radius 1 is 1.18 bits per heavy atom. The van der Waals surface area contributed by atoms with Gasteiger partial charge in [0.25, 0.3) is 0 Å². The van der Waals surface area contributed by atoms with Crippen molar-refractivity contribution in [3.05, 3.63) is 75.2 Å². The van der Waals surface area contributed by atoms with Crippen molar-refractivity contribution in [1.82, 2.24) is 9.55 Å². The molecule has 1 unspecified atom stereocenters. The van der Waals surface area contributed by atoms with Crippen molar-refractivity contribution < 1.29 is 4.42 Å². The Bertz CT molecular complexity index is 858. The molecule has 0 spiro atoms. The maximum atomic E-state index is 11.4. The fourth-order valence-corrected chi connectivity index (χ4v) is 2.42. The third-order valence-corrected chi connectivity index (χ3v) is 3.87. The molecule has 0 aliphatic rings. The van der Waals surface area contributed by atoms with Crippen molar-refractivity contribution in [2.45, 2.75) is 6.04 Å². The van der Waals surface area contributed by atoms with Crippen molar-refractivity contribution in [2.24, 2.45) is 5.73 Å². The van der Waals surface area contributed by atoms with Crippen LogP contribution in [0.1, 0.15) is 17.2 Å². The number of benzene rings is 2. The highest BCUT2D eigenvalue weighted by Crippen LogP contribution is 2.25. The van der Waals surface area contributed by atoms with Gasteiger partial charge in [0.2, 0.25) is 5.89 Å².